The van der Waals surface area contributed by atoms with Gasteiger partial charge in [0, 0.05) is 0 Å². The molecule has 0 radical (unpaired) electrons. The first-order valence-electron chi connectivity index (χ1n) is 3.75. The normalized spacial score (nSPS) is 10.1. The van der Waals surface area contributed by atoms with Crippen molar-refractivity contribution in [2.45, 2.75) is 0 Å². The number of amides is 1. The molecule has 2 aromatic heterocycles. The number of carbonyl (C=O) groups excluding carboxylic acids is 1. The van der Waals surface area contributed by atoms with E-state index in [1.165, 1.54) is 18.7 Å². The van der Waals surface area contributed by atoms with Crippen molar-refractivity contribution in [1.29, 1.82) is 0 Å². The zero-order chi connectivity index (χ0) is 9.97. The molecule has 1 amide bonds. The van der Waals surface area contributed by atoms with Crippen LogP contribution < -0.4 is 11.3 Å². The lowest BCUT2D eigenvalue weighted by Crippen LogP contribution is -2.30. The Balaban J connectivity index is 2.56. The number of nitrogen functional groups attached to an aromatic ring is 1. The van der Waals surface area contributed by atoms with Gasteiger partial charge in [-0.2, -0.15) is 0 Å². The van der Waals surface area contributed by atoms with E-state index in [4.69, 9.17) is 5.84 Å². The Hall–Kier alpha value is -2.15. The van der Waals surface area contributed by atoms with Crippen LogP contribution in [-0.4, -0.2) is 25.8 Å². The highest BCUT2D eigenvalue weighted by atomic mass is 16.2. The molecular formula is C7H6N6O. The van der Waals surface area contributed by atoms with Crippen LogP contribution in [0.2, 0.25) is 0 Å². The van der Waals surface area contributed by atoms with E-state index in [1.807, 2.05) is 5.43 Å². The third kappa shape index (κ3) is 1.36. The lowest BCUT2D eigenvalue weighted by Gasteiger charge is -1.98. The minimum Gasteiger partial charge on any atom is -0.289 e. The van der Waals surface area contributed by atoms with Gasteiger partial charge in [-0.05, 0) is 0 Å². The molecule has 2 rings (SSSR count). The molecule has 0 atom stereocenters. The smallest absolute Gasteiger partial charge is 0.285 e. The minimum absolute atomic E-state index is 0.134. The summed E-state index contributed by atoms with van der Waals surface area (Å²) in [6, 6.07) is 0. The molecule has 0 saturated heterocycles. The zero-order valence-corrected chi connectivity index (χ0v) is 7.01. The number of carbonyl (C=O) groups is 1. The van der Waals surface area contributed by atoms with E-state index in [1.54, 1.807) is 0 Å². The Morgan fingerprint density at radius 2 is 2.21 bits per heavy atom. The molecule has 0 spiro atoms. The highest BCUT2D eigenvalue weighted by molar-refractivity contribution is 5.92. The van der Waals surface area contributed by atoms with E-state index in [-0.39, 0.29) is 5.69 Å². The maximum Gasteiger partial charge on any atom is 0.285 e. The van der Waals surface area contributed by atoms with Crippen LogP contribution in [0.25, 0.3) is 11.2 Å². The fourth-order valence-corrected chi connectivity index (χ4v) is 0.958. The lowest BCUT2D eigenvalue weighted by molar-refractivity contribution is 0.0948. The molecule has 0 aliphatic carbocycles. The molecule has 0 unspecified atom stereocenters. The molecule has 2 heterocycles. The monoisotopic (exact) mass is 190 g/mol. The first kappa shape index (κ1) is 8.45. The quantitative estimate of drug-likeness (QED) is 0.340. The number of nitrogens with two attached hydrogens (primary N) is 1. The van der Waals surface area contributed by atoms with Crippen LogP contribution in [0.4, 0.5) is 0 Å². The van der Waals surface area contributed by atoms with Gasteiger partial charge in [0.2, 0.25) is 0 Å². The van der Waals surface area contributed by atoms with Gasteiger partial charge in [-0.15, -0.1) is 0 Å². The number of hydrogen-bond acceptors (Lipinski definition) is 6. The molecule has 0 saturated carbocycles. The second-order valence-corrected chi connectivity index (χ2v) is 2.46. The van der Waals surface area contributed by atoms with Gasteiger partial charge in [-0.25, -0.2) is 25.8 Å². The molecule has 0 bridgehead atoms. The number of hydrazine groups is 1. The van der Waals surface area contributed by atoms with Crippen molar-refractivity contribution in [3.63, 3.8) is 0 Å². The standard InChI is InChI=1S/C7H6N6O/c8-13-7(14)5-2-10-6-4(12-5)1-9-3-11-6/h1-3H,8H2,(H,13,14). The van der Waals surface area contributed by atoms with Crippen molar-refractivity contribution in [2.24, 2.45) is 5.84 Å². The first-order valence-corrected chi connectivity index (χ1v) is 3.75. The van der Waals surface area contributed by atoms with Crippen LogP contribution >= 0.6 is 0 Å². The molecule has 0 aliphatic rings. The largest absolute Gasteiger partial charge is 0.289 e. The SMILES string of the molecule is NNC(=O)c1cnc2ncncc2n1. The summed E-state index contributed by atoms with van der Waals surface area (Å²) < 4.78 is 0. The predicted octanol–water partition coefficient (Wildman–Crippen LogP) is -0.977. The van der Waals surface area contributed by atoms with E-state index < -0.39 is 5.91 Å². The maximum absolute atomic E-state index is 11.1. The molecule has 14 heavy (non-hydrogen) atoms. The van der Waals surface area contributed by atoms with Crippen molar-refractivity contribution < 1.29 is 4.79 Å². The van der Waals surface area contributed by atoms with Crippen LogP contribution in [0.15, 0.2) is 18.7 Å². The molecule has 7 heteroatoms. The van der Waals surface area contributed by atoms with Gasteiger partial charge < -0.3 is 0 Å². The summed E-state index contributed by atoms with van der Waals surface area (Å²) in [6.45, 7) is 0. The molecule has 7 nitrogen and oxygen atoms in total. The highest BCUT2D eigenvalue weighted by Gasteiger charge is 2.07. The van der Waals surface area contributed by atoms with Gasteiger partial charge in [0.25, 0.3) is 5.91 Å². The van der Waals surface area contributed by atoms with E-state index >= 15 is 0 Å². The number of fused-ring (bicyclic) bond motifs is 1. The van der Waals surface area contributed by atoms with Gasteiger partial charge in [0.05, 0.1) is 12.4 Å². The van der Waals surface area contributed by atoms with Crippen molar-refractivity contribution in [3.8, 4) is 0 Å². The van der Waals surface area contributed by atoms with Crippen molar-refractivity contribution >= 4 is 17.1 Å². The average Bonchev–Trinajstić information content (AvgIpc) is 2.27. The molecule has 0 aliphatic heterocycles. The summed E-state index contributed by atoms with van der Waals surface area (Å²) in [6.07, 6.45) is 4.14. The number of hydrogen-bond donors (Lipinski definition) is 2. The van der Waals surface area contributed by atoms with Crippen LogP contribution in [0, 0.1) is 0 Å². The van der Waals surface area contributed by atoms with Gasteiger partial charge in [0.1, 0.15) is 17.5 Å². The van der Waals surface area contributed by atoms with Crippen molar-refractivity contribution in [3.05, 3.63) is 24.4 Å². The Kier molecular flexibility index (Phi) is 1.99. The first-order chi connectivity index (χ1) is 6.81. The summed E-state index contributed by atoms with van der Waals surface area (Å²) in [7, 11) is 0. The van der Waals surface area contributed by atoms with Crippen LogP contribution in [0.1, 0.15) is 10.5 Å². The number of rotatable bonds is 1. The Morgan fingerprint density at radius 3 is 3.00 bits per heavy atom. The van der Waals surface area contributed by atoms with Gasteiger partial charge in [-0.3, -0.25) is 10.2 Å². The van der Waals surface area contributed by atoms with Crippen LogP contribution in [0.5, 0.6) is 0 Å². The average molecular weight is 190 g/mol. The number of aromatic nitrogens is 4. The van der Waals surface area contributed by atoms with Crippen LogP contribution in [0.3, 0.4) is 0 Å². The molecule has 70 valence electrons. The maximum atomic E-state index is 11.1. The summed E-state index contributed by atoms with van der Waals surface area (Å²) >= 11 is 0. The zero-order valence-electron chi connectivity index (χ0n) is 7.01. The van der Waals surface area contributed by atoms with Gasteiger partial charge in [0.15, 0.2) is 5.65 Å². The number of nitrogens with zero attached hydrogens (tertiary/aromatic N) is 4. The Morgan fingerprint density at radius 1 is 1.36 bits per heavy atom. The van der Waals surface area contributed by atoms with Gasteiger partial charge >= 0.3 is 0 Å². The summed E-state index contributed by atoms with van der Waals surface area (Å²) in [5.41, 5.74) is 2.99. The molecule has 0 fully saturated rings. The third-order valence-electron chi connectivity index (χ3n) is 1.59. The fourth-order valence-electron chi connectivity index (χ4n) is 0.958. The van der Waals surface area contributed by atoms with E-state index in [0.29, 0.717) is 11.2 Å². The van der Waals surface area contributed by atoms with Crippen molar-refractivity contribution in [2.75, 3.05) is 0 Å². The molecular weight excluding hydrogens is 184 g/mol. The summed E-state index contributed by atoms with van der Waals surface area (Å²) in [4.78, 5) is 26.6. The highest BCUT2D eigenvalue weighted by Crippen LogP contribution is 2.03. The topological polar surface area (TPSA) is 107 Å². The second kappa shape index (κ2) is 3.30. The molecule has 2 aromatic rings. The van der Waals surface area contributed by atoms with Crippen molar-refractivity contribution in [1.82, 2.24) is 25.4 Å². The molecule has 3 N–H and O–H groups in total. The summed E-state index contributed by atoms with van der Waals surface area (Å²) in [5.74, 6) is 4.45. The number of nitrogens with one attached hydrogen (secondary N) is 1. The fraction of sp³-hybridized carbons (Fsp3) is 0. The second-order valence-electron chi connectivity index (χ2n) is 2.46. The van der Waals surface area contributed by atoms with Crippen LogP contribution in [-0.2, 0) is 0 Å². The van der Waals surface area contributed by atoms with E-state index in [0.717, 1.165) is 0 Å². The predicted molar refractivity (Wildman–Crippen MR) is 46.8 cm³/mol. The van der Waals surface area contributed by atoms with Gasteiger partial charge in [-0.1, -0.05) is 0 Å². The Labute approximate surface area is 78.4 Å². The summed E-state index contributed by atoms with van der Waals surface area (Å²) in [5, 5.41) is 0. The lowest BCUT2D eigenvalue weighted by atomic mass is 10.4. The minimum atomic E-state index is -0.497. The van der Waals surface area contributed by atoms with E-state index in [2.05, 4.69) is 19.9 Å². The Bertz CT molecular complexity index is 484. The van der Waals surface area contributed by atoms with E-state index in [9.17, 15) is 4.79 Å². The molecule has 0 aromatic carbocycles. The third-order valence-corrected chi connectivity index (χ3v) is 1.59.